The van der Waals surface area contributed by atoms with Gasteiger partial charge in [0.05, 0.1) is 10.6 Å². The first-order valence-corrected chi connectivity index (χ1v) is 7.78. The lowest BCUT2D eigenvalue weighted by Crippen LogP contribution is -2.42. The highest BCUT2D eigenvalue weighted by Crippen LogP contribution is 2.23. The second-order valence-corrected chi connectivity index (χ2v) is 6.16. The molecule has 1 heterocycles. The molecule has 1 aromatic rings. The third-order valence-electron chi connectivity index (χ3n) is 3.83. The summed E-state index contributed by atoms with van der Waals surface area (Å²) in [4.78, 5) is 39.0. The van der Waals surface area contributed by atoms with Crippen molar-refractivity contribution in [1.29, 1.82) is 0 Å². The largest absolute Gasteiger partial charge is 0.345 e. The lowest BCUT2D eigenvalue weighted by molar-refractivity contribution is -0.134. The second-order valence-electron chi connectivity index (χ2n) is 5.75. The number of anilines is 1. The monoisotopic (exact) mass is 337 g/mol. The molecular weight excluding hydrogens is 318 g/mol. The van der Waals surface area contributed by atoms with Crippen LogP contribution in [0.1, 0.15) is 30.1 Å². The van der Waals surface area contributed by atoms with Crippen LogP contribution in [0.15, 0.2) is 18.2 Å². The number of carbonyl (C=O) groups excluding carboxylic acids is 3. The fourth-order valence-corrected chi connectivity index (χ4v) is 2.85. The average molecular weight is 338 g/mol. The van der Waals surface area contributed by atoms with Gasteiger partial charge in [0.15, 0.2) is 0 Å². The number of hydrogen-bond donors (Lipinski definition) is 1. The number of rotatable bonds is 3. The molecule has 0 bridgehead atoms. The van der Waals surface area contributed by atoms with Crippen LogP contribution >= 0.6 is 11.6 Å². The zero-order valence-corrected chi connectivity index (χ0v) is 14.2. The van der Waals surface area contributed by atoms with Crippen molar-refractivity contribution in [3.05, 3.63) is 28.8 Å². The molecule has 1 fully saturated rings. The van der Waals surface area contributed by atoms with Gasteiger partial charge in [-0.15, -0.1) is 0 Å². The molecule has 2 rings (SSSR count). The topological polar surface area (TPSA) is 69.7 Å². The van der Waals surface area contributed by atoms with Gasteiger partial charge < -0.3 is 15.1 Å². The molecule has 0 aliphatic carbocycles. The van der Waals surface area contributed by atoms with Crippen LogP contribution in [0, 0.1) is 0 Å². The van der Waals surface area contributed by atoms with Crippen molar-refractivity contribution >= 4 is 35.0 Å². The van der Waals surface area contributed by atoms with E-state index in [0.29, 0.717) is 29.2 Å². The molecule has 0 radical (unpaired) electrons. The van der Waals surface area contributed by atoms with Crippen LogP contribution < -0.4 is 5.32 Å². The smallest absolute Gasteiger partial charge is 0.254 e. The first kappa shape index (κ1) is 17.3. The summed E-state index contributed by atoms with van der Waals surface area (Å²) >= 11 is 6.05. The second kappa shape index (κ2) is 7.00. The molecule has 1 aliphatic rings. The normalized spacial score (nSPS) is 17.0. The van der Waals surface area contributed by atoms with Crippen molar-refractivity contribution < 1.29 is 14.4 Å². The maximum atomic E-state index is 12.4. The van der Waals surface area contributed by atoms with Gasteiger partial charge in [0.2, 0.25) is 11.8 Å². The summed E-state index contributed by atoms with van der Waals surface area (Å²) in [6.07, 6.45) is 1.45. The van der Waals surface area contributed by atoms with E-state index in [4.69, 9.17) is 11.6 Å². The molecule has 7 heteroatoms. The van der Waals surface area contributed by atoms with Crippen LogP contribution in [0.25, 0.3) is 0 Å². The molecule has 1 N–H and O–H groups in total. The Labute approximate surface area is 140 Å². The number of nitrogens with one attached hydrogen (secondary N) is 1. The van der Waals surface area contributed by atoms with Crippen molar-refractivity contribution in [1.82, 2.24) is 9.80 Å². The Kier molecular flexibility index (Phi) is 5.26. The van der Waals surface area contributed by atoms with Crippen molar-refractivity contribution in [3.63, 3.8) is 0 Å². The first-order valence-electron chi connectivity index (χ1n) is 7.40. The lowest BCUT2D eigenvalue weighted by atomic mass is 10.1. The zero-order valence-electron chi connectivity index (χ0n) is 13.4. The van der Waals surface area contributed by atoms with Crippen LogP contribution in [0.5, 0.6) is 0 Å². The molecule has 1 aliphatic heterocycles. The molecule has 6 nitrogen and oxygen atoms in total. The Balaban J connectivity index is 2.17. The van der Waals surface area contributed by atoms with Gasteiger partial charge in [0.25, 0.3) is 5.91 Å². The van der Waals surface area contributed by atoms with Gasteiger partial charge in [-0.25, -0.2) is 0 Å². The van der Waals surface area contributed by atoms with Crippen molar-refractivity contribution in [2.24, 2.45) is 0 Å². The maximum absolute atomic E-state index is 12.4. The van der Waals surface area contributed by atoms with Crippen molar-refractivity contribution in [2.45, 2.75) is 25.8 Å². The van der Waals surface area contributed by atoms with E-state index in [-0.39, 0.29) is 17.7 Å². The summed E-state index contributed by atoms with van der Waals surface area (Å²) in [5.74, 6) is -0.595. The quantitative estimate of drug-likeness (QED) is 0.917. The summed E-state index contributed by atoms with van der Waals surface area (Å²) in [6.45, 7) is 2.06. The highest BCUT2D eigenvalue weighted by molar-refractivity contribution is 6.34. The van der Waals surface area contributed by atoms with E-state index in [2.05, 4.69) is 5.32 Å². The predicted molar refractivity (Wildman–Crippen MR) is 88.5 cm³/mol. The maximum Gasteiger partial charge on any atom is 0.254 e. The van der Waals surface area contributed by atoms with E-state index in [0.717, 1.165) is 6.42 Å². The van der Waals surface area contributed by atoms with Crippen LogP contribution in [-0.4, -0.2) is 54.2 Å². The summed E-state index contributed by atoms with van der Waals surface area (Å²) < 4.78 is 0. The molecule has 3 amide bonds. The van der Waals surface area contributed by atoms with Crippen LogP contribution in [0.2, 0.25) is 5.02 Å². The van der Waals surface area contributed by atoms with E-state index in [9.17, 15) is 14.4 Å². The molecule has 0 spiro atoms. The number of carbonyl (C=O) groups is 3. The third kappa shape index (κ3) is 3.82. The minimum atomic E-state index is -0.462. The molecule has 1 unspecified atom stereocenters. The fourth-order valence-electron chi connectivity index (χ4n) is 2.65. The van der Waals surface area contributed by atoms with E-state index in [1.807, 2.05) is 0 Å². The molecule has 0 saturated carbocycles. The summed E-state index contributed by atoms with van der Waals surface area (Å²) in [5, 5.41) is 3.09. The Morgan fingerprint density at radius 2 is 2.00 bits per heavy atom. The molecule has 1 aromatic carbocycles. The SMILES string of the molecule is CC(=O)N1CCCC1C(=O)Nc1ccc(Cl)c(C(=O)N(C)C)c1. The van der Waals surface area contributed by atoms with E-state index >= 15 is 0 Å². The number of hydrogen-bond acceptors (Lipinski definition) is 3. The zero-order chi connectivity index (χ0) is 17.1. The number of benzene rings is 1. The van der Waals surface area contributed by atoms with E-state index < -0.39 is 6.04 Å². The fraction of sp³-hybridized carbons (Fsp3) is 0.438. The van der Waals surface area contributed by atoms with Crippen LogP contribution in [-0.2, 0) is 9.59 Å². The van der Waals surface area contributed by atoms with Gasteiger partial charge in [0, 0.05) is 33.3 Å². The van der Waals surface area contributed by atoms with Gasteiger partial charge >= 0.3 is 0 Å². The number of amides is 3. The van der Waals surface area contributed by atoms with Crippen LogP contribution in [0.4, 0.5) is 5.69 Å². The van der Waals surface area contributed by atoms with Crippen molar-refractivity contribution in [3.8, 4) is 0 Å². The van der Waals surface area contributed by atoms with Gasteiger partial charge in [-0.1, -0.05) is 11.6 Å². The van der Waals surface area contributed by atoms with Crippen molar-refractivity contribution in [2.75, 3.05) is 26.0 Å². The van der Waals surface area contributed by atoms with Gasteiger partial charge in [-0.05, 0) is 31.0 Å². The third-order valence-corrected chi connectivity index (χ3v) is 4.16. The highest BCUT2D eigenvalue weighted by atomic mass is 35.5. The van der Waals surface area contributed by atoms with E-state index in [1.165, 1.54) is 11.8 Å². The molecular formula is C16H20ClN3O3. The van der Waals surface area contributed by atoms with E-state index in [1.54, 1.807) is 37.2 Å². The lowest BCUT2D eigenvalue weighted by Gasteiger charge is -2.22. The van der Waals surface area contributed by atoms with Gasteiger partial charge in [-0.2, -0.15) is 0 Å². The van der Waals surface area contributed by atoms with Crippen LogP contribution in [0.3, 0.4) is 0 Å². The minimum Gasteiger partial charge on any atom is -0.345 e. The highest BCUT2D eigenvalue weighted by Gasteiger charge is 2.32. The van der Waals surface area contributed by atoms with Gasteiger partial charge in [-0.3, -0.25) is 14.4 Å². The Hall–Kier alpha value is -2.08. The van der Waals surface area contributed by atoms with Gasteiger partial charge in [0.1, 0.15) is 6.04 Å². The summed E-state index contributed by atoms with van der Waals surface area (Å²) in [5.41, 5.74) is 0.810. The summed E-state index contributed by atoms with van der Waals surface area (Å²) in [7, 11) is 3.26. The Morgan fingerprint density at radius 3 is 2.61 bits per heavy atom. The number of halogens is 1. The molecule has 0 aromatic heterocycles. The number of nitrogens with zero attached hydrogens (tertiary/aromatic N) is 2. The molecule has 124 valence electrons. The summed E-state index contributed by atoms with van der Waals surface area (Å²) in [6, 6.07) is 4.30. The molecule has 1 saturated heterocycles. The first-order chi connectivity index (χ1) is 10.8. The Bertz CT molecular complexity index is 645. The standard InChI is InChI=1S/C16H20ClN3O3/c1-10(21)20-8-4-5-14(20)15(22)18-11-6-7-13(17)12(9-11)16(23)19(2)3/h6-7,9,14H,4-5,8H2,1-3H3,(H,18,22). The average Bonchev–Trinajstić information content (AvgIpc) is 2.98. The predicted octanol–water partition coefficient (Wildman–Crippen LogP) is 1.99. The molecule has 23 heavy (non-hydrogen) atoms. The number of likely N-dealkylation sites (tertiary alicyclic amines) is 1. The minimum absolute atomic E-state index is 0.109. The Morgan fingerprint density at radius 1 is 1.30 bits per heavy atom. The molecule has 1 atom stereocenters.